The predicted molar refractivity (Wildman–Crippen MR) is 77.9 cm³/mol. The predicted octanol–water partition coefficient (Wildman–Crippen LogP) is 1.50. The van der Waals surface area contributed by atoms with Crippen LogP contribution in [0.25, 0.3) is 0 Å². The van der Waals surface area contributed by atoms with Crippen molar-refractivity contribution >= 4 is 5.91 Å². The highest BCUT2D eigenvalue weighted by molar-refractivity contribution is 5.75. The van der Waals surface area contributed by atoms with Gasteiger partial charge in [0.05, 0.1) is 0 Å². The topological polar surface area (TPSA) is 58.4 Å². The van der Waals surface area contributed by atoms with Gasteiger partial charge in [-0.3, -0.25) is 4.79 Å². The van der Waals surface area contributed by atoms with E-state index < -0.39 is 0 Å². The van der Waals surface area contributed by atoms with Crippen LogP contribution in [0.4, 0.5) is 0 Å². The van der Waals surface area contributed by atoms with Gasteiger partial charge >= 0.3 is 0 Å². The lowest BCUT2D eigenvalue weighted by molar-refractivity contribution is -0.121. The first-order valence-corrected chi connectivity index (χ1v) is 8.00. The Morgan fingerprint density at radius 3 is 2.68 bits per heavy atom. The summed E-state index contributed by atoms with van der Waals surface area (Å²) < 4.78 is 0. The molecule has 1 unspecified atom stereocenters. The summed E-state index contributed by atoms with van der Waals surface area (Å²) in [5.41, 5.74) is 5.44. The van der Waals surface area contributed by atoms with Gasteiger partial charge in [-0.2, -0.15) is 0 Å². The highest BCUT2D eigenvalue weighted by Crippen LogP contribution is 2.31. The van der Waals surface area contributed by atoms with Crippen molar-refractivity contribution in [2.45, 2.75) is 57.4 Å². The minimum atomic E-state index is 0.234. The first kappa shape index (κ1) is 14.8. The molecule has 0 bridgehead atoms. The normalized spacial score (nSPS) is 23.7. The maximum absolute atomic E-state index is 11.7. The van der Waals surface area contributed by atoms with E-state index in [2.05, 4.69) is 10.2 Å². The van der Waals surface area contributed by atoms with E-state index in [-0.39, 0.29) is 5.91 Å². The SMILES string of the molecule is NCCCCCCC(=O)NCC1CCN(C2CC2)C1. The molecule has 2 aliphatic rings. The zero-order chi connectivity index (χ0) is 13.5. The Labute approximate surface area is 117 Å². The Hall–Kier alpha value is -0.610. The van der Waals surface area contributed by atoms with E-state index in [1.807, 2.05) is 0 Å². The van der Waals surface area contributed by atoms with Crippen LogP contribution in [0.5, 0.6) is 0 Å². The second kappa shape index (κ2) is 7.85. The summed E-state index contributed by atoms with van der Waals surface area (Å²) in [6.45, 7) is 4.09. The molecule has 0 spiro atoms. The minimum absolute atomic E-state index is 0.234. The number of amides is 1. The number of nitrogens with one attached hydrogen (secondary N) is 1. The molecule has 0 radical (unpaired) electrons. The highest BCUT2D eigenvalue weighted by Gasteiger charge is 2.34. The molecule has 1 aliphatic carbocycles. The first-order valence-electron chi connectivity index (χ1n) is 8.00. The first-order chi connectivity index (χ1) is 9.29. The molecule has 4 nitrogen and oxygen atoms in total. The van der Waals surface area contributed by atoms with Crippen LogP contribution >= 0.6 is 0 Å². The quantitative estimate of drug-likeness (QED) is 0.622. The van der Waals surface area contributed by atoms with Gasteiger partial charge in [-0.1, -0.05) is 12.8 Å². The number of rotatable bonds is 9. The standard InChI is InChI=1S/C15H29N3O/c16-9-4-2-1-3-5-15(19)17-11-13-8-10-18(12-13)14-6-7-14/h13-14H,1-12,16H2,(H,17,19). The lowest BCUT2D eigenvalue weighted by Gasteiger charge is -2.15. The van der Waals surface area contributed by atoms with Gasteiger partial charge in [0, 0.05) is 25.6 Å². The number of hydrogen-bond donors (Lipinski definition) is 2. The van der Waals surface area contributed by atoms with Crippen LogP contribution in [-0.4, -0.2) is 43.0 Å². The van der Waals surface area contributed by atoms with Crippen molar-refractivity contribution in [3.8, 4) is 0 Å². The van der Waals surface area contributed by atoms with Gasteiger partial charge in [-0.05, 0) is 51.1 Å². The fraction of sp³-hybridized carbons (Fsp3) is 0.933. The van der Waals surface area contributed by atoms with Crippen molar-refractivity contribution in [3.05, 3.63) is 0 Å². The number of carbonyl (C=O) groups excluding carboxylic acids is 1. The number of nitrogens with two attached hydrogens (primary N) is 1. The van der Waals surface area contributed by atoms with E-state index in [1.54, 1.807) is 0 Å². The fourth-order valence-corrected chi connectivity index (χ4v) is 2.93. The van der Waals surface area contributed by atoms with E-state index >= 15 is 0 Å². The number of unbranched alkanes of at least 4 members (excludes halogenated alkanes) is 3. The van der Waals surface area contributed by atoms with E-state index in [1.165, 1.54) is 32.4 Å². The molecule has 0 aromatic carbocycles. The average molecular weight is 267 g/mol. The molecule has 2 rings (SSSR count). The lowest BCUT2D eigenvalue weighted by atomic mass is 10.1. The third-order valence-electron chi connectivity index (χ3n) is 4.33. The fourth-order valence-electron chi connectivity index (χ4n) is 2.93. The Bertz CT molecular complexity index is 279. The molecule has 3 N–H and O–H groups in total. The van der Waals surface area contributed by atoms with Gasteiger partial charge in [0.2, 0.25) is 5.91 Å². The van der Waals surface area contributed by atoms with E-state index in [9.17, 15) is 4.79 Å². The van der Waals surface area contributed by atoms with Gasteiger partial charge in [0.1, 0.15) is 0 Å². The highest BCUT2D eigenvalue weighted by atomic mass is 16.1. The summed E-state index contributed by atoms with van der Waals surface area (Å²) >= 11 is 0. The zero-order valence-corrected chi connectivity index (χ0v) is 12.1. The summed E-state index contributed by atoms with van der Waals surface area (Å²) in [7, 11) is 0. The molecule has 1 saturated heterocycles. The smallest absolute Gasteiger partial charge is 0.220 e. The van der Waals surface area contributed by atoms with E-state index in [4.69, 9.17) is 5.73 Å². The second-order valence-corrected chi connectivity index (χ2v) is 6.14. The molecule has 0 aromatic heterocycles. The summed E-state index contributed by atoms with van der Waals surface area (Å²) in [5, 5.41) is 3.11. The molecule has 110 valence electrons. The van der Waals surface area contributed by atoms with Gasteiger partial charge in [0.15, 0.2) is 0 Å². The zero-order valence-electron chi connectivity index (χ0n) is 12.1. The van der Waals surface area contributed by atoms with Crippen LogP contribution < -0.4 is 11.1 Å². The second-order valence-electron chi connectivity index (χ2n) is 6.14. The Morgan fingerprint density at radius 2 is 1.95 bits per heavy atom. The molecule has 4 heteroatoms. The Morgan fingerprint density at radius 1 is 1.16 bits per heavy atom. The van der Waals surface area contributed by atoms with Crippen LogP contribution in [0.3, 0.4) is 0 Å². The molecule has 1 saturated carbocycles. The van der Waals surface area contributed by atoms with Crippen LogP contribution in [0.1, 0.15) is 51.4 Å². The van der Waals surface area contributed by atoms with Crippen LogP contribution in [0.2, 0.25) is 0 Å². The lowest BCUT2D eigenvalue weighted by Crippen LogP contribution is -2.31. The van der Waals surface area contributed by atoms with Gasteiger partial charge in [0.25, 0.3) is 0 Å². The molecule has 0 aromatic rings. The number of nitrogens with zero attached hydrogens (tertiary/aromatic N) is 1. The largest absolute Gasteiger partial charge is 0.356 e. The third-order valence-corrected chi connectivity index (χ3v) is 4.33. The Balaban J connectivity index is 1.47. The molecular formula is C15H29N3O. The van der Waals surface area contributed by atoms with Crippen molar-refractivity contribution in [1.29, 1.82) is 0 Å². The number of likely N-dealkylation sites (tertiary alicyclic amines) is 1. The van der Waals surface area contributed by atoms with Gasteiger partial charge in [-0.15, -0.1) is 0 Å². The van der Waals surface area contributed by atoms with E-state index in [0.29, 0.717) is 12.3 Å². The van der Waals surface area contributed by atoms with Crippen molar-refractivity contribution < 1.29 is 4.79 Å². The summed E-state index contributed by atoms with van der Waals surface area (Å²) in [5.74, 6) is 0.916. The van der Waals surface area contributed by atoms with Gasteiger partial charge in [-0.25, -0.2) is 0 Å². The molecule has 1 heterocycles. The maximum Gasteiger partial charge on any atom is 0.220 e. The molecule has 19 heavy (non-hydrogen) atoms. The monoisotopic (exact) mass is 267 g/mol. The van der Waals surface area contributed by atoms with Crippen LogP contribution in [-0.2, 0) is 4.79 Å². The molecule has 1 amide bonds. The summed E-state index contributed by atoms with van der Waals surface area (Å²) in [4.78, 5) is 14.3. The number of hydrogen-bond acceptors (Lipinski definition) is 3. The van der Waals surface area contributed by atoms with Crippen molar-refractivity contribution in [2.75, 3.05) is 26.2 Å². The van der Waals surface area contributed by atoms with Crippen LogP contribution in [0.15, 0.2) is 0 Å². The molecular weight excluding hydrogens is 238 g/mol. The summed E-state index contributed by atoms with van der Waals surface area (Å²) in [6.07, 6.45) is 9.10. The van der Waals surface area contributed by atoms with E-state index in [0.717, 1.165) is 44.8 Å². The van der Waals surface area contributed by atoms with Gasteiger partial charge < -0.3 is 16.0 Å². The van der Waals surface area contributed by atoms with Crippen molar-refractivity contribution in [1.82, 2.24) is 10.2 Å². The Kier molecular flexibility index (Phi) is 6.11. The van der Waals surface area contributed by atoms with Crippen molar-refractivity contribution in [3.63, 3.8) is 0 Å². The third kappa shape index (κ3) is 5.49. The molecule has 1 atom stereocenters. The summed E-state index contributed by atoms with van der Waals surface area (Å²) in [6, 6.07) is 0.878. The van der Waals surface area contributed by atoms with Crippen molar-refractivity contribution in [2.24, 2.45) is 11.7 Å². The number of carbonyl (C=O) groups is 1. The van der Waals surface area contributed by atoms with Crippen LogP contribution in [0, 0.1) is 5.92 Å². The molecule has 2 fully saturated rings. The maximum atomic E-state index is 11.7. The minimum Gasteiger partial charge on any atom is -0.356 e. The molecule has 1 aliphatic heterocycles. The average Bonchev–Trinajstić information content (AvgIpc) is 3.15.